The third kappa shape index (κ3) is 3.57. The predicted molar refractivity (Wildman–Crippen MR) is 75.3 cm³/mol. The number of hydrogen-bond acceptors (Lipinski definition) is 3. The lowest BCUT2D eigenvalue weighted by Crippen LogP contribution is -2.52. The molecule has 1 saturated heterocycles. The molecule has 0 radical (unpaired) electrons. The number of hydrogen-bond donors (Lipinski definition) is 2. The highest BCUT2D eigenvalue weighted by atomic mass is 16.5. The highest BCUT2D eigenvalue weighted by Crippen LogP contribution is 2.24. The van der Waals surface area contributed by atoms with Crippen molar-refractivity contribution in [2.24, 2.45) is 5.41 Å². The first-order valence-corrected chi connectivity index (χ1v) is 6.72. The number of ether oxygens (including phenoxy) is 1. The number of rotatable bonds is 5. The van der Waals surface area contributed by atoms with Gasteiger partial charge >= 0.3 is 0 Å². The van der Waals surface area contributed by atoms with Gasteiger partial charge in [0.25, 0.3) is 5.91 Å². The molecule has 1 aliphatic heterocycles. The van der Waals surface area contributed by atoms with Crippen molar-refractivity contribution in [2.75, 3.05) is 19.8 Å². The first-order chi connectivity index (χ1) is 9.50. The van der Waals surface area contributed by atoms with Crippen molar-refractivity contribution in [1.29, 1.82) is 0 Å². The van der Waals surface area contributed by atoms with E-state index in [0.717, 1.165) is 0 Å². The molecule has 108 valence electrons. The van der Waals surface area contributed by atoms with Crippen LogP contribution >= 0.6 is 0 Å². The van der Waals surface area contributed by atoms with Crippen molar-refractivity contribution in [3.63, 3.8) is 0 Å². The zero-order chi connectivity index (χ0) is 14.6. The Morgan fingerprint density at radius 3 is 2.50 bits per heavy atom. The summed E-state index contributed by atoms with van der Waals surface area (Å²) in [5, 5.41) is 5.53. The lowest BCUT2D eigenvalue weighted by Gasteiger charge is -2.38. The minimum absolute atomic E-state index is 0.0266. The summed E-state index contributed by atoms with van der Waals surface area (Å²) in [6, 6.07) is 8.29. The Balaban J connectivity index is 1.80. The minimum Gasteiger partial charge on any atom is -0.380 e. The summed E-state index contributed by atoms with van der Waals surface area (Å²) >= 11 is 0. The summed E-state index contributed by atoms with van der Waals surface area (Å²) in [7, 11) is 0. The molecule has 0 aliphatic carbocycles. The summed E-state index contributed by atoms with van der Waals surface area (Å²) in [5.74, 6) is -0.422. The molecule has 1 atom stereocenters. The van der Waals surface area contributed by atoms with Gasteiger partial charge in [-0.1, -0.05) is 25.1 Å². The van der Waals surface area contributed by atoms with Gasteiger partial charge in [0.15, 0.2) is 0 Å². The van der Waals surface area contributed by atoms with Crippen LogP contribution in [0.5, 0.6) is 0 Å². The summed E-state index contributed by atoms with van der Waals surface area (Å²) < 4.78 is 5.13. The van der Waals surface area contributed by atoms with Crippen LogP contribution in [0.2, 0.25) is 0 Å². The van der Waals surface area contributed by atoms with E-state index in [1.807, 2.05) is 6.07 Å². The van der Waals surface area contributed by atoms with Crippen LogP contribution in [0.4, 0.5) is 0 Å². The largest absolute Gasteiger partial charge is 0.380 e. The normalized spacial score (nSPS) is 17.7. The molecule has 1 aromatic carbocycles. The number of carbonyl (C=O) groups is 2. The van der Waals surface area contributed by atoms with Crippen LogP contribution in [-0.4, -0.2) is 37.6 Å². The standard InChI is InChI=1S/C15H20N2O3/c1-11(13(18)16-8-15(2)9-20-10-15)17-14(19)12-6-4-3-5-7-12/h3-7,11H,8-10H2,1-2H3,(H,16,18)(H,17,19). The molecule has 0 aromatic heterocycles. The van der Waals surface area contributed by atoms with E-state index < -0.39 is 6.04 Å². The van der Waals surface area contributed by atoms with Gasteiger partial charge in [0.05, 0.1) is 13.2 Å². The van der Waals surface area contributed by atoms with Gasteiger partial charge in [-0.05, 0) is 19.1 Å². The zero-order valence-corrected chi connectivity index (χ0v) is 11.8. The van der Waals surface area contributed by atoms with Crippen molar-refractivity contribution >= 4 is 11.8 Å². The van der Waals surface area contributed by atoms with Gasteiger partial charge in [-0.15, -0.1) is 0 Å². The van der Waals surface area contributed by atoms with Crippen LogP contribution in [0.3, 0.4) is 0 Å². The molecule has 2 N–H and O–H groups in total. The molecule has 1 aromatic rings. The Bertz CT molecular complexity index is 483. The molecule has 2 rings (SSSR count). The van der Waals surface area contributed by atoms with E-state index in [9.17, 15) is 9.59 Å². The highest BCUT2D eigenvalue weighted by molar-refractivity contribution is 5.97. The van der Waals surface area contributed by atoms with E-state index >= 15 is 0 Å². The maximum atomic E-state index is 11.9. The molecule has 0 bridgehead atoms. The lowest BCUT2D eigenvalue weighted by molar-refractivity contribution is -0.128. The molecule has 0 saturated carbocycles. The second-order valence-electron chi connectivity index (χ2n) is 5.58. The van der Waals surface area contributed by atoms with Gasteiger partial charge in [-0.2, -0.15) is 0 Å². The fourth-order valence-corrected chi connectivity index (χ4v) is 1.94. The van der Waals surface area contributed by atoms with Crippen LogP contribution < -0.4 is 10.6 Å². The van der Waals surface area contributed by atoms with Gasteiger partial charge in [0.2, 0.25) is 5.91 Å². The van der Waals surface area contributed by atoms with Crippen LogP contribution in [0.1, 0.15) is 24.2 Å². The molecule has 0 spiro atoms. The van der Waals surface area contributed by atoms with Crippen molar-refractivity contribution in [3.05, 3.63) is 35.9 Å². The van der Waals surface area contributed by atoms with Gasteiger partial charge < -0.3 is 15.4 Å². The van der Waals surface area contributed by atoms with Crippen molar-refractivity contribution in [1.82, 2.24) is 10.6 Å². The summed E-state index contributed by atoms with van der Waals surface area (Å²) in [5.41, 5.74) is 0.574. The third-order valence-electron chi connectivity index (χ3n) is 3.37. The molecule has 2 amide bonds. The van der Waals surface area contributed by atoms with E-state index in [1.165, 1.54) is 0 Å². The first kappa shape index (κ1) is 14.5. The van der Waals surface area contributed by atoms with E-state index in [4.69, 9.17) is 4.74 Å². The lowest BCUT2D eigenvalue weighted by atomic mass is 9.89. The first-order valence-electron chi connectivity index (χ1n) is 6.72. The summed E-state index contributed by atoms with van der Waals surface area (Å²) in [4.78, 5) is 23.8. The highest BCUT2D eigenvalue weighted by Gasteiger charge is 2.34. The van der Waals surface area contributed by atoms with Gasteiger partial charge in [-0.3, -0.25) is 9.59 Å². The van der Waals surface area contributed by atoms with Crippen LogP contribution in [0, 0.1) is 5.41 Å². The molecule has 5 heteroatoms. The predicted octanol–water partition coefficient (Wildman–Crippen LogP) is 0.958. The number of carbonyl (C=O) groups excluding carboxylic acids is 2. The molecule has 5 nitrogen and oxygen atoms in total. The van der Waals surface area contributed by atoms with Crippen LogP contribution in [-0.2, 0) is 9.53 Å². The second kappa shape index (κ2) is 6.05. The van der Waals surface area contributed by atoms with E-state index in [0.29, 0.717) is 25.3 Å². The van der Waals surface area contributed by atoms with E-state index in [2.05, 4.69) is 17.6 Å². The molecule has 1 heterocycles. The maximum absolute atomic E-state index is 11.9. The topological polar surface area (TPSA) is 67.4 Å². The Hall–Kier alpha value is -1.88. The van der Waals surface area contributed by atoms with Crippen LogP contribution in [0.25, 0.3) is 0 Å². The molecular weight excluding hydrogens is 256 g/mol. The molecular formula is C15H20N2O3. The second-order valence-corrected chi connectivity index (χ2v) is 5.58. The van der Waals surface area contributed by atoms with Gasteiger partial charge in [-0.25, -0.2) is 0 Å². The average Bonchev–Trinajstić information content (AvgIpc) is 2.43. The summed E-state index contributed by atoms with van der Waals surface area (Å²) in [6.45, 7) is 5.63. The molecule has 20 heavy (non-hydrogen) atoms. The Morgan fingerprint density at radius 1 is 1.30 bits per heavy atom. The van der Waals surface area contributed by atoms with Crippen molar-refractivity contribution < 1.29 is 14.3 Å². The Labute approximate surface area is 118 Å². The smallest absolute Gasteiger partial charge is 0.251 e. The number of benzene rings is 1. The Kier molecular flexibility index (Phi) is 4.39. The van der Waals surface area contributed by atoms with Gasteiger partial charge in [0.1, 0.15) is 6.04 Å². The fourth-order valence-electron chi connectivity index (χ4n) is 1.94. The third-order valence-corrected chi connectivity index (χ3v) is 3.37. The van der Waals surface area contributed by atoms with Crippen molar-refractivity contribution in [2.45, 2.75) is 19.9 Å². The van der Waals surface area contributed by atoms with Crippen LogP contribution in [0.15, 0.2) is 30.3 Å². The van der Waals surface area contributed by atoms with Gasteiger partial charge in [0, 0.05) is 17.5 Å². The average molecular weight is 276 g/mol. The Morgan fingerprint density at radius 2 is 1.95 bits per heavy atom. The molecule has 1 aliphatic rings. The van der Waals surface area contributed by atoms with E-state index in [1.54, 1.807) is 31.2 Å². The zero-order valence-electron chi connectivity index (χ0n) is 11.8. The molecule has 1 fully saturated rings. The van der Waals surface area contributed by atoms with E-state index in [-0.39, 0.29) is 17.2 Å². The minimum atomic E-state index is -0.563. The quantitative estimate of drug-likeness (QED) is 0.841. The monoisotopic (exact) mass is 276 g/mol. The maximum Gasteiger partial charge on any atom is 0.251 e. The SMILES string of the molecule is CC(NC(=O)c1ccccc1)C(=O)NCC1(C)COC1. The molecule has 1 unspecified atom stereocenters. The summed E-state index contributed by atoms with van der Waals surface area (Å²) in [6.07, 6.45) is 0. The fraction of sp³-hybridized carbons (Fsp3) is 0.467. The number of nitrogens with one attached hydrogen (secondary N) is 2. The number of amides is 2. The van der Waals surface area contributed by atoms with Crippen molar-refractivity contribution in [3.8, 4) is 0 Å².